The SMILES string of the molecule is CC(C)Oc1cccc(-c2n[nH]c(=S)n2N=CC=Cc2ccccc2)c1. The summed E-state index contributed by atoms with van der Waals surface area (Å²) < 4.78 is 7.77. The van der Waals surface area contributed by atoms with Gasteiger partial charge in [0.15, 0.2) is 5.82 Å². The van der Waals surface area contributed by atoms with Gasteiger partial charge in [-0.2, -0.15) is 14.9 Å². The third kappa shape index (κ3) is 4.55. The van der Waals surface area contributed by atoms with Gasteiger partial charge in [-0.15, -0.1) is 0 Å². The average molecular weight is 364 g/mol. The van der Waals surface area contributed by atoms with E-state index in [4.69, 9.17) is 17.0 Å². The zero-order chi connectivity index (χ0) is 18.4. The minimum Gasteiger partial charge on any atom is -0.491 e. The Hall–Kier alpha value is -2.99. The van der Waals surface area contributed by atoms with Crippen LogP contribution >= 0.6 is 12.2 Å². The van der Waals surface area contributed by atoms with Gasteiger partial charge >= 0.3 is 0 Å². The van der Waals surface area contributed by atoms with Crippen LogP contribution in [-0.4, -0.2) is 27.2 Å². The number of aromatic amines is 1. The molecule has 0 aliphatic carbocycles. The van der Waals surface area contributed by atoms with E-state index in [2.05, 4.69) is 15.3 Å². The van der Waals surface area contributed by atoms with E-state index in [1.54, 1.807) is 10.9 Å². The molecule has 6 heteroatoms. The Morgan fingerprint density at radius 2 is 1.96 bits per heavy atom. The topological polar surface area (TPSA) is 55.2 Å². The van der Waals surface area contributed by atoms with Gasteiger partial charge in [-0.1, -0.05) is 48.5 Å². The second-order valence-electron chi connectivity index (χ2n) is 5.89. The lowest BCUT2D eigenvalue weighted by atomic mass is 10.2. The zero-order valence-corrected chi connectivity index (χ0v) is 15.5. The van der Waals surface area contributed by atoms with Crippen LogP contribution in [-0.2, 0) is 0 Å². The molecule has 0 unspecified atom stereocenters. The summed E-state index contributed by atoms with van der Waals surface area (Å²) in [5.41, 5.74) is 1.98. The molecule has 0 spiro atoms. The van der Waals surface area contributed by atoms with Crippen LogP contribution in [0.5, 0.6) is 5.75 Å². The fraction of sp³-hybridized carbons (Fsp3) is 0.150. The van der Waals surface area contributed by atoms with Crippen molar-refractivity contribution in [1.29, 1.82) is 0 Å². The van der Waals surface area contributed by atoms with Crippen molar-refractivity contribution in [2.45, 2.75) is 20.0 Å². The minimum atomic E-state index is 0.104. The first-order valence-corrected chi connectivity index (χ1v) is 8.75. The fourth-order valence-corrected chi connectivity index (χ4v) is 2.57. The van der Waals surface area contributed by atoms with Crippen LogP contribution in [0.15, 0.2) is 65.8 Å². The van der Waals surface area contributed by atoms with Gasteiger partial charge in [0.2, 0.25) is 4.77 Å². The van der Waals surface area contributed by atoms with Crippen LogP contribution in [0.1, 0.15) is 19.4 Å². The molecule has 0 bridgehead atoms. The monoisotopic (exact) mass is 364 g/mol. The number of ether oxygens (including phenoxy) is 1. The van der Waals surface area contributed by atoms with Gasteiger partial charge in [-0.3, -0.25) is 0 Å². The number of rotatable bonds is 6. The van der Waals surface area contributed by atoms with Crippen molar-refractivity contribution in [3.8, 4) is 17.1 Å². The molecule has 0 aliphatic heterocycles. The summed E-state index contributed by atoms with van der Waals surface area (Å²) >= 11 is 5.29. The van der Waals surface area contributed by atoms with E-state index < -0.39 is 0 Å². The van der Waals surface area contributed by atoms with Crippen LogP contribution in [0.3, 0.4) is 0 Å². The molecule has 3 rings (SSSR count). The molecule has 0 amide bonds. The Bertz CT molecular complexity index is 971. The van der Waals surface area contributed by atoms with E-state index >= 15 is 0 Å². The number of hydrogen-bond donors (Lipinski definition) is 1. The van der Waals surface area contributed by atoms with Gasteiger partial charge in [0.1, 0.15) is 5.75 Å². The highest BCUT2D eigenvalue weighted by molar-refractivity contribution is 7.71. The predicted octanol–water partition coefficient (Wildman–Crippen LogP) is 4.94. The maximum absolute atomic E-state index is 5.75. The number of H-pyrrole nitrogens is 1. The molecule has 26 heavy (non-hydrogen) atoms. The van der Waals surface area contributed by atoms with Gasteiger partial charge in [-0.05, 0) is 49.8 Å². The zero-order valence-electron chi connectivity index (χ0n) is 14.7. The smallest absolute Gasteiger partial charge is 0.216 e. The van der Waals surface area contributed by atoms with Crippen molar-refractivity contribution in [3.63, 3.8) is 0 Å². The first-order chi connectivity index (χ1) is 12.6. The molecule has 1 heterocycles. The van der Waals surface area contributed by atoms with E-state index in [0.29, 0.717) is 10.6 Å². The maximum Gasteiger partial charge on any atom is 0.216 e. The summed E-state index contributed by atoms with van der Waals surface area (Å²) in [4.78, 5) is 0. The molecule has 2 aromatic carbocycles. The van der Waals surface area contributed by atoms with E-state index in [0.717, 1.165) is 16.9 Å². The molecule has 0 saturated heterocycles. The van der Waals surface area contributed by atoms with E-state index in [-0.39, 0.29) is 6.10 Å². The molecule has 0 saturated carbocycles. The first-order valence-electron chi connectivity index (χ1n) is 8.34. The quantitative estimate of drug-likeness (QED) is 0.498. The Morgan fingerprint density at radius 1 is 1.15 bits per heavy atom. The Labute approximate surface area is 157 Å². The highest BCUT2D eigenvalue weighted by Crippen LogP contribution is 2.23. The lowest BCUT2D eigenvalue weighted by Gasteiger charge is -2.10. The highest BCUT2D eigenvalue weighted by Gasteiger charge is 2.09. The molecule has 0 radical (unpaired) electrons. The second-order valence-corrected chi connectivity index (χ2v) is 6.28. The number of nitrogens with zero attached hydrogens (tertiary/aromatic N) is 3. The molecular formula is C20H20N4OS. The van der Waals surface area contributed by atoms with Crippen molar-refractivity contribution in [2.75, 3.05) is 0 Å². The van der Waals surface area contributed by atoms with E-state index in [1.165, 1.54) is 0 Å². The Balaban J connectivity index is 1.84. The third-order valence-corrected chi connectivity index (χ3v) is 3.74. The van der Waals surface area contributed by atoms with Crippen molar-refractivity contribution < 1.29 is 4.74 Å². The summed E-state index contributed by atoms with van der Waals surface area (Å²) in [7, 11) is 0. The van der Waals surface area contributed by atoms with Gasteiger partial charge in [-0.25, -0.2) is 5.10 Å². The van der Waals surface area contributed by atoms with Crippen LogP contribution < -0.4 is 4.74 Å². The van der Waals surface area contributed by atoms with Gasteiger partial charge < -0.3 is 4.74 Å². The van der Waals surface area contributed by atoms with Crippen molar-refractivity contribution >= 4 is 24.5 Å². The number of allylic oxidation sites excluding steroid dienone is 1. The lowest BCUT2D eigenvalue weighted by Crippen LogP contribution is -2.05. The van der Waals surface area contributed by atoms with E-state index in [9.17, 15) is 0 Å². The second kappa shape index (κ2) is 8.40. The van der Waals surface area contributed by atoms with Crippen LogP contribution in [0.4, 0.5) is 0 Å². The molecule has 0 aliphatic rings. The first kappa shape index (κ1) is 17.8. The van der Waals surface area contributed by atoms with Crippen LogP contribution in [0.25, 0.3) is 17.5 Å². The molecule has 0 fully saturated rings. The van der Waals surface area contributed by atoms with Crippen LogP contribution in [0.2, 0.25) is 0 Å². The number of hydrogen-bond acceptors (Lipinski definition) is 4. The number of aromatic nitrogens is 3. The number of benzene rings is 2. The lowest BCUT2D eigenvalue weighted by molar-refractivity contribution is 0.242. The van der Waals surface area contributed by atoms with Crippen molar-refractivity contribution in [3.05, 3.63) is 71.0 Å². The minimum absolute atomic E-state index is 0.104. The average Bonchev–Trinajstić information content (AvgIpc) is 3.00. The summed E-state index contributed by atoms with van der Waals surface area (Å²) in [5, 5.41) is 11.5. The van der Waals surface area contributed by atoms with Crippen molar-refractivity contribution in [2.24, 2.45) is 5.10 Å². The number of nitrogens with one attached hydrogen (secondary N) is 1. The summed E-state index contributed by atoms with van der Waals surface area (Å²) in [6, 6.07) is 17.7. The molecule has 3 aromatic rings. The largest absolute Gasteiger partial charge is 0.491 e. The molecular weight excluding hydrogens is 344 g/mol. The fourth-order valence-electron chi connectivity index (χ4n) is 2.39. The van der Waals surface area contributed by atoms with Crippen molar-refractivity contribution in [1.82, 2.24) is 14.9 Å². The highest BCUT2D eigenvalue weighted by atomic mass is 32.1. The molecule has 5 nitrogen and oxygen atoms in total. The molecule has 1 N–H and O–H groups in total. The maximum atomic E-state index is 5.75. The van der Waals surface area contributed by atoms with Gasteiger partial charge in [0, 0.05) is 11.8 Å². The summed E-state index contributed by atoms with van der Waals surface area (Å²) in [6.45, 7) is 3.98. The Kier molecular flexibility index (Phi) is 5.76. The molecule has 132 valence electrons. The normalized spacial score (nSPS) is 11.7. The standard InChI is InChI=1S/C20H20N4OS/c1-15(2)25-18-12-6-11-17(14-18)19-22-23-20(26)24(19)21-13-7-10-16-8-4-3-5-9-16/h3-15H,1-2H3,(H,23,26). The third-order valence-electron chi connectivity index (χ3n) is 3.47. The molecule has 1 aromatic heterocycles. The van der Waals surface area contributed by atoms with Crippen LogP contribution in [0, 0.1) is 4.77 Å². The van der Waals surface area contributed by atoms with E-state index in [1.807, 2.05) is 80.6 Å². The van der Waals surface area contributed by atoms with Gasteiger partial charge in [0.25, 0.3) is 0 Å². The predicted molar refractivity (Wildman–Crippen MR) is 108 cm³/mol. The summed E-state index contributed by atoms with van der Waals surface area (Å²) in [6.07, 6.45) is 5.64. The van der Waals surface area contributed by atoms with Gasteiger partial charge in [0.05, 0.1) is 6.10 Å². The summed E-state index contributed by atoms with van der Waals surface area (Å²) in [5.74, 6) is 1.42. The Morgan fingerprint density at radius 3 is 2.73 bits per heavy atom. The molecule has 0 atom stereocenters.